The van der Waals surface area contributed by atoms with E-state index >= 15 is 0 Å². The van der Waals surface area contributed by atoms with Gasteiger partial charge in [-0.15, -0.1) is 0 Å². The molecule has 1 aliphatic carbocycles. The number of carboxylic acid groups (broad SMARTS) is 1. The summed E-state index contributed by atoms with van der Waals surface area (Å²) in [6.07, 6.45) is 4.90. The number of carbonyl (C=O) groups is 2. The topological polar surface area (TPSA) is 97.0 Å². The van der Waals surface area contributed by atoms with Crippen molar-refractivity contribution in [3.8, 4) is 16.9 Å². The predicted octanol–water partition coefficient (Wildman–Crippen LogP) is 5.76. The number of carbonyl (C=O) groups excluding carboxylic acids is 1. The molecule has 7 nitrogen and oxygen atoms in total. The summed E-state index contributed by atoms with van der Waals surface area (Å²) in [4.78, 5) is 39.3. The molecule has 194 valence electrons. The van der Waals surface area contributed by atoms with E-state index in [1.807, 2.05) is 18.2 Å². The van der Waals surface area contributed by atoms with Crippen molar-refractivity contribution in [2.24, 2.45) is 11.8 Å². The quantitative estimate of drug-likeness (QED) is 0.412. The Labute approximate surface area is 220 Å². The molecule has 8 heteroatoms. The molecule has 2 heterocycles. The van der Waals surface area contributed by atoms with Gasteiger partial charge in [0.15, 0.2) is 6.10 Å². The van der Waals surface area contributed by atoms with Crippen LogP contribution in [0.3, 0.4) is 0 Å². The maximum atomic E-state index is 13.6. The lowest BCUT2D eigenvalue weighted by atomic mass is 9.84. The minimum Gasteiger partial charge on any atom is -0.481 e. The number of fused-ring (bicyclic) bond motifs is 1. The minimum atomic E-state index is -0.866. The lowest BCUT2D eigenvalue weighted by Crippen LogP contribution is -2.54. The average molecular weight is 524 g/mol. The first-order chi connectivity index (χ1) is 17.8. The number of ether oxygens (including phenoxy) is 1. The monoisotopic (exact) mass is 523 g/mol. The van der Waals surface area contributed by atoms with Gasteiger partial charge in [0.05, 0.1) is 5.92 Å². The highest BCUT2D eigenvalue weighted by Crippen LogP contribution is 2.37. The lowest BCUT2D eigenvalue weighted by Gasteiger charge is -2.42. The van der Waals surface area contributed by atoms with Gasteiger partial charge in [0.25, 0.3) is 5.91 Å². The highest BCUT2D eigenvalue weighted by Gasteiger charge is 2.41. The van der Waals surface area contributed by atoms with Gasteiger partial charge in [0.2, 0.25) is 0 Å². The molecule has 1 amide bonds. The van der Waals surface area contributed by atoms with E-state index in [0.717, 1.165) is 31.2 Å². The van der Waals surface area contributed by atoms with E-state index in [2.05, 4.69) is 0 Å². The highest BCUT2D eigenvalue weighted by molar-refractivity contribution is 6.33. The number of aliphatic carboxylic acids is 1. The van der Waals surface area contributed by atoms with Gasteiger partial charge in [-0.05, 0) is 56.7 Å². The van der Waals surface area contributed by atoms with Crippen molar-refractivity contribution in [1.82, 2.24) is 4.90 Å². The zero-order valence-electron chi connectivity index (χ0n) is 20.7. The van der Waals surface area contributed by atoms with Crippen molar-refractivity contribution in [3.63, 3.8) is 0 Å². The van der Waals surface area contributed by atoms with Gasteiger partial charge in [-0.2, -0.15) is 0 Å². The summed E-state index contributed by atoms with van der Waals surface area (Å²) >= 11 is 6.37. The molecule has 2 aliphatic rings. The van der Waals surface area contributed by atoms with Crippen LogP contribution in [0.4, 0.5) is 0 Å². The van der Waals surface area contributed by atoms with Crippen LogP contribution in [-0.4, -0.2) is 40.6 Å². The highest BCUT2D eigenvalue weighted by atomic mass is 35.5. The van der Waals surface area contributed by atoms with Crippen LogP contribution in [0.1, 0.15) is 45.4 Å². The molecule has 2 fully saturated rings. The van der Waals surface area contributed by atoms with Crippen molar-refractivity contribution in [2.75, 3.05) is 6.54 Å². The molecule has 5 rings (SSSR count). The Balaban J connectivity index is 1.40. The molecule has 2 unspecified atom stereocenters. The second kappa shape index (κ2) is 10.6. The second-order valence-corrected chi connectivity index (χ2v) is 10.5. The number of piperidine rings is 1. The lowest BCUT2D eigenvalue weighted by molar-refractivity contribution is -0.151. The fourth-order valence-corrected chi connectivity index (χ4v) is 6.12. The Morgan fingerprint density at radius 1 is 1.05 bits per heavy atom. The molecule has 0 radical (unpaired) electrons. The van der Waals surface area contributed by atoms with E-state index in [4.69, 9.17) is 20.8 Å². The van der Waals surface area contributed by atoms with Crippen LogP contribution in [0.2, 0.25) is 5.02 Å². The maximum Gasteiger partial charge on any atom is 0.336 e. The molecule has 3 aromatic rings. The third kappa shape index (κ3) is 5.23. The second-order valence-electron chi connectivity index (χ2n) is 10.1. The van der Waals surface area contributed by atoms with Crippen molar-refractivity contribution in [3.05, 3.63) is 64.0 Å². The Kier molecular flexibility index (Phi) is 7.24. The van der Waals surface area contributed by atoms with Crippen molar-refractivity contribution < 1.29 is 23.8 Å². The van der Waals surface area contributed by atoms with Crippen LogP contribution < -0.4 is 10.4 Å². The number of halogens is 1. The van der Waals surface area contributed by atoms with Crippen LogP contribution in [-0.2, 0) is 9.59 Å². The molecule has 3 atom stereocenters. The Morgan fingerprint density at radius 3 is 2.54 bits per heavy atom. The number of rotatable bonds is 6. The number of hydrogen-bond donors (Lipinski definition) is 1. The summed E-state index contributed by atoms with van der Waals surface area (Å²) in [5, 5.41) is 10.8. The summed E-state index contributed by atoms with van der Waals surface area (Å²) in [7, 11) is 0. The van der Waals surface area contributed by atoms with Gasteiger partial charge in [0, 0.05) is 46.3 Å². The van der Waals surface area contributed by atoms with E-state index in [1.165, 1.54) is 6.07 Å². The summed E-state index contributed by atoms with van der Waals surface area (Å²) in [6, 6.07) is 13.8. The number of nitrogens with zero attached hydrogens (tertiary/aromatic N) is 1. The Bertz CT molecular complexity index is 1380. The number of benzene rings is 2. The minimum absolute atomic E-state index is 0.0458. The van der Waals surface area contributed by atoms with E-state index < -0.39 is 23.6 Å². The average Bonchev–Trinajstić information content (AvgIpc) is 3.42. The van der Waals surface area contributed by atoms with Crippen LogP contribution in [0.5, 0.6) is 5.75 Å². The van der Waals surface area contributed by atoms with Crippen molar-refractivity contribution in [1.29, 1.82) is 0 Å². The molecule has 2 aromatic carbocycles. The van der Waals surface area contributed by atoms with Gasteiger partial charge in [0.1, 0.15) is 11.3 Å². The third-order valence-electron chi connectivity index (χ3n) is 7.75. The molecule has 0 bridgehead atoms. The predicted molar refractivity (Wildman–Crippen MR) is 141 cm³/mol. The SMILES string of the molecule is CC(Oc1ccc2c(-c3ccccc3Cl)cc(=O)oc2c1)C(=O)N1C[C@H](C(=O)O)CCC1C1CCCC1. The fraction of sp³-hybridized carbons (Fsp3) is 0.414. The van der Waals surface area contributed by atoms with Gasteiger partial charge in [-0.3, -0.25) is 9.59 Å². The molecule has 1 saturated carbocycles. The first-order valence-electron chi connectivity index (χ1n) is 12.8. The molecule has 1 aliphatic heterocycles. The fourth-order valence-electron chi connectivity index (χ4n) is 5.89. The number of carboxylic acids is 1. The van der Waals surface area contributed by atoms with Crippen molar-refractivity contribution in [2.45, 2.75) is 57.6 Å². The van der Waals surface area contributed by atoms with Crippen molar-refractivity contribution >= 4 is 34.4 Å². The van der Waals surface area contributed by atoms with E-state index in [9.17, 15) is 19.5 Å². The zero-order valence-corrected chi connectivity index (χ0v) is 21.4. The first kappa shape index (κ1) is 25.3. The summed E-state index contributed by atoms with van der Waals surface area (Å²) in [6.45, 7) is 1.88. The molecular formula is C29H30ClNO6. The van der Waals surface area contributed by atoms with E-state index in [0.29, 0.717) is 46.1 Å². The van der Waals surface area contributed by atoms with Crippen LogP contribution in [0, 0.1) is 11.8 Å². The third-order valence-corrected chi connectivity index (χ3v) is 8.07. The number of likely N-dealkylation sites (tertiary alicyclic amines) is 1. The molecule has 1 saturated heterocycles. The van der Waals surface area contributed by atoms with E-state index in [1.54, 1.807) is 36.1 Å². The standard InChI is InChI=1S/C29H30ClNO6/c1-17(28(33)31-16-19(29(34)35)10-13-25(31)18-6-2-3-7-18)36-20-11-12-22-23(15-27(32)37-26(22)14-20)21-8-4-5-9-24(21)30/h4-5,8-9,11-12,14-15,17-19,25H,2-3,6-7,10,13,16H2,1H3,(H,34,35)/t17?,19-,25?/m1/s1. The smallest absolute Gasteiger partial charge is 0.336 e. The Morgan fingerprint density at radius 2 is 1.81 bits per heavy atom. The van der Waals surface area contributed by atoms with Crippen LogP contribution in [0.25, 0.3) is 22.1 Å². The van der Waals surface area contributed by atoms with Crippen LogP contribution in [0.15, 0.2) is 57.7 Å². The molecule has 0 spiro atoms. The number of hydrogen-bond acceptors (Lipinski definition) is 5. The summed E-state index contributed by atoms with van der Waals surface area (Å²) < 4.78 is 11.5. The van der Waals surface area contributed by atoms with Gasteiger partial charge < -0.3 is 19.2 Å². The molecule has 37 heavy (non-hydrogen) atoms. The largest absolute Gasteiger partial charge is 0.481 e. The van der Waals surface area contributed by atoms with Gasteiger partial charge in [-0.1, -0.05) is 42.6 Å². The van der Waals surface area contributed by atoms with E-state index in [-0.39, 0.29) is 18.5 Å². The Hall–Kier alpha value is -3.32. The maximum absolute atomic E-state index is 13.6. The summed E-state index contributed by atoms with van der Waals surface area (Å²) in [5.74, 6) is -0.850. The first-order valence-corrected chi connectivity index (χ1v) is 13.2. The molecular weight excluding hydrogens is 494 g/mol. The molecule has 1 aromatic heterocycles. The van der Waals surface area contributed by atoms with Gasteiger partial charge in [-0.25, -0.2) is 4.79 Å². The molecule has 1 N–H and O–H groups in total. The van der Waals surface area contributed by atoms with Gasteiger partial charge >= 0.3 is 11.6 Å². The summed E-state index contributed by atoms with van der Waals surface area (Å²) in [5.41, 5.74) is 1.18. The zero-order chi connectivity index (χ0) is 26.1. The van der Waals surface area contributed by atoms with Crippen LogP contribution >= 0.6 is 11.6 Å². The number of amides is 1. The normalized spacial score (nSPS) is 21.2.